The molecule has 1 atom stereocenters. The van der Waals surface area contributed by atoms with E-state index in [0.29, 0.717) is 25.9 Å². The van der Waals surface area contributed by atoms with Gasteiger partial charge in [-0.3, -0.25) is 4.79 Å². The minimum atomic E-state index is -3.14. The van der Waals surface area contributed by atoms with Crippen LogP contribution in [0, 0.1) is 0 Å². The SMILES string of the molecule is CCCC(C)(N)C(=O)NCCCNS(=O)(=O)CC. The molecule has 0 heterocycles. The van der Waals surface area contributed by atoms with Gasteiger partial charge in [0.15, 0.2) is 0 Å². The Labute approximate surface area is 110 Å². The maximum absolute atomic E-state index is 11.7. The summed E-state index contributed by atoms with van der Waals surface area (Å²) in [7, 11) is -3.14. The zero-order valence-electron chi connectivity index (χ0n) is 11.5. The van der Waals surface area contributed by atoms with Crippen LogP contribution in [0.4, 0.5) is 0 Å². The molecule has 0 aromatic rings. The zero-order chi connectivity index (χ0) is 14.2. The molecule has 0 aliphatic heterocycles. The molecule has 6 nitrogen and oxygen atoms in total. The van der Waals surface area contributed by atoms with E-state index in [1.54, 1.807) is 13.8 Å². The molecule has 0 aromatic carbocycles. The van der Waals surface area contributed by atoms with E-state index in [1.807, 2.05) is 6.92 Å². The van der Waals surface area contributed by atoms with Crippen molar-refractivity contribution in [3.05, 3.63) is 0 Å². The molecule has 0 bridgehead atoms. The van der Waals surface area contributed by atoms with Crippen LogP contribution in [0.15, 0.2) is 0 Å². The van der Waals surface area contributed by atoms with Crippen LogP contribution in [0.1, 0.15) is 40.0 Å². The van der Waals surface area contributed by atoms with Crippen molar-refractivity contribution in [2.45, 2.75) is 45.6 Å². The normalized spacial score (nSPS) is 15.1. The molecule has 4 N–H and O–H groups in total. The van der Waals surface area contributed by atoms with Crippen LogP contribution in [0.5, 0.6) is 0 Å². The fraction of sp³-hybridized carbons (Fsp3) is 0.909. The van der Waals surface area contributed by atoms with E-state index in [-0.39, 0.29) is 11.7 Å². The molecule has 0 rings (SSSR count). The molecule has 7 heteroatoms. The van der Waals surface area contributed by atoms with E-state index >= 15 is 0 Å². The molecule has 0 saturated carbocycles. The van der Waals surface area contributed by atoms with Crippen molar-refractivity contribution in [3.8, 4) is 0 Å². The summed E-state index contributed by atoms with van der Waals surface area (Å²) < 4.78 is 24.7. The van der Waals surface area contributed by atoms with Crippen LogP contribution < -0.4 is 15.8 Å². The summed E-state index contributed by atoms with van der Waals surface area (Å²) in [4.78, 5) is 11.7. The van der Waals surface area contributed by atoms with Gasteiger partial charge >= 0.3 is 0 Å². The highest BCUT2D eigenvalue weighted by atomic mass is 32.2. The number of nitrogens with one attached hydrogen (secondary N) is 2. The Morgan fingerprint density at radius 3 is 2.39 bits per heavy atom. The average Bonchev–Trinajstić information content (AvgIpc) is 2.28. The van der Waals surface area contributed by atoms with Gasteiger partial charge in [0.25, 0.3) is 0 Å². The highest BCUT2D eigenvalue weighted by molar-refractivity contribution is 7.89. The molecule has 108 valence electrons. The molecule has 0 aromatic heterocycles. The summed E-state index contributed by atoms with van der Waals surface area (Å²) in [6.45, 7) is 5.99. The van der Waals surface area contributed by atoms with Crippen LogP contribution in [-0.4, -0.2) is 38.7 Å². The Balaban J connectivity index is 3.83. The van der Waals surface area contributed by atoms with Gasteiger partial charge in [0.05, 0.1) is 11.3 Å². The molecule has 0 radical (unpaired) electrons. The molecule has 0 spiro atoms. The molecule has 0 aliphatic carbocycles. The maximum atomic E-state index is 11.7. The van der Waals surface area contributed by atoms with Gasteiger partial charge in [0.1, 0.15) is 0 Å². The summed E-state index contributed by atoms with van der Waals surface area (Å²) >= 11 is 0. The number of nitrogens with two attached hydrogens (primary N) is 1. The van der Waals surface area contributed by atoms with Crippen LogP contribution in [0.2, 0.25) is 0 Å². The van der Waals surface area contributed by atoms with Gasteiger partial charge in [-0.05, 0) is 26.7 Å². The Hall–Kier alpha value is -0.660. The first-order chi connectivity index (χ1) is 8.25. The van der Waals surface area contributed by atoms with Crippen molar-refractivity contribution in [1.29, 1.82) is 0 Å². The van der Waals surface area contributed by atoms with Crippen LogP contribution in [0.3, 0.4) is 0 Å². The predicted octanol–water partition coefficient (Wildman–Crippen LogP) is -0.0505. The second-order valence-corrected chi connectivity index (χ2v) is 6.67. The van der Waals surface area contributed by atoms with Gasteiger partial charge in [0, 0.05) is 13.1 Å². The number of hydrogen-bond acceptors (Lipinski definition) is 4. The summed E-state index contributed by atoms with van der Waals surface area (Å²) in [5.74, 6) is -0.126. The summed E-state index contributed by atoms with van der Waals surface area (Å²) in [6.07, 6.45) is 2.02. The monoisotopic (exact) mass is 279 g/mol. The fourth-order valence-electron chi connectivity index (χ4n) is 1.45. The number of rotatable bonds is 9. The Kier molecular flexibility index (Phi) is 7.42. The number of carbonyl (C=O) groups is 1. The quantitative estimate of drug-likeness (QED) is 0.515. The fourth-order valence-corrected chi connectivity index (χ4v) is 2.11. The minimum Gasteiger partial charge on any atom is -0.354 e. The van der Waals surface area contributed by atoms with E-state index in [1.165, 1.54) is 0 Å². The standard InChI is InChI=1S/C11H25N3O3S/c1-4-7-11(3,12)10(15)13-8-6-9-14-18(16,17)5-2/h14H,4-9,12H2,1-3H3,(H,13,15). The average molecular weight is 279 g/mol. The summed E-state index contributed by atoms with van der Waals surface area (Å²) in [5, 5.41) is 2.71. The largest absolute Gasteiger partial charge is 0.354 e. The van der Waals surface area contributed by atoms with Gasteiger partial charge in [-0.1, -0.05) is 13.3 Å². The number of amides is 1. The van der Waals surface area contributed by atoms with Gasteiger partial charge in [-0.25, -0.2) is 13.1 Å². The molecule has 18 heavy (non-hydrogen) atoms. The Morgan fingerprint density at radius 2 is 1.89 bits per heavy atom. The Morgan fingerprint density at radius 1 is 1.28 bits per heavy atom. The van der Waals surface area contributed by atoms with Crippen LogP contribution in [-0.2, 0) is 14.8 Å². The lowest BCUT2D eigenvalue weighted by molar-refractivity contribution is -0.126. The predicted molar refractivity (Wildman–Crippen MR) is 72.6 cm³/mol. The van der Waals surface area contributed by atoms with Gasteiger partial charge in [0.2, 0.25) is 15.9 Å². The van der Waals surface area contributed by atoms with Crippen molar-refractivity contribution in [3.63, 3.8) is 0 Å². The second-order valence-electron chi connectivity index (χ2n) is 4.57. The van der Waals surface area contributed by atoms with Crippen molar-refractivity contribution in [2.24, 2.45) is 5.73 Å². The first-order valence-electron chi connectivity index (χ1n) is 6.29. The van der Waals surface area contributed by atoms with E-state index in [0.717, 1.165) is 6.42 Å². The van der Waals surface area contributed by atoms with Crippen molar-refractivity contribution >= 4 is 15.9 Å². The maximum Gasteiger partial charge on any atom is 0.239 e. The number of carbonyl (C=O) groups excluding carboxylic acids is 1. The molecule has 1 unspecified atom stereocenters. The minimum absolute atomic E-state index is 0.0662. The second kappa shape index (κ2) is 7.70. The lowest BCUT2D eigenvalue weighted by Crippen LogP contribution is -2.51. The molecule has 0 saturated heterocycles. The van der Waals surface area contributed by atoms with Crippen molar-refractivity contribution < 1.29 is 13.2 Å². The summed E-state index contributed by atoms with van der Waals surface area (Å²) in [6, 6.07) is 0. The lowest BCUT2D eigenvalue weighted by atomic mass is 9.96. The highest BCUT2D eigenvalue weighted by Gasteiger charge is 2.26. The first kappa shape index (κ1) is 17.3. The molecular weight excluding hydrogens is 254 g/mol. The first-order valence-corrected chi connectivity index (χ1v) is 7.95. The van der Waals surface area contributed by atoms with E-state index in [9.17, 15) is 13.2 Å². The Bertz CT molecular complexity index is 353. The van der Waals surface area contributed by atoms with Gasteiger partial charge in [-0.2, -0.15) is 0 Å². The highest BCUT2D eigenvalue weighted by Crippen LogP contribution is 2.07. The number of sulfonamides is 1. The van der Waals surface area contributed by atoms with Gasteiger partial charge < -0.3 is 11.1 Å². The third kappa shape index (κ3) is 6.93. The molecular formula is C11H25N3O3S. The van der Waals surface area contributed by atoms with Crippen LogP contribution in [0.25, 0.3) is 0 Å². The van der Waals surface area contributed by atoms with E-state index < -0.39 is 15.6 Å². The lowest BCUT2D eigenvalue weighted by Gasteiger charge is -2.22. The molecule has 0 aliphatic rings. The van der Waals surface area contributed by atoms with Crippen LogP contribution >= 0.6 is 0 Å². The van der Waals surface area contributed by atoms with E-state index in [2.05, 4.69) is 10.0 Å². The third-order valence-electron chi connectivity index (χ3n) is 2.63. The molecule has 0 fully saturated rings. The van der Waals surface area contributed by atoms with E-state index in [4.69, 9.17) is 5.73 Å². The smallest absolute Gasteiger partial charge is 0.239 e. The molecule has 1 amide bonds. The third-order valence-corrected chi connectivity index (χ3v) is 4.03. The van der Waals surface area contributed by atoms with Gasteiger partial charge in [-0.15, -0.1) is 0 Å². The zero-order valence-corrected chi connectivity index (χ0v) is 12.3. The summed E-state index contributed by atoms with van der Waals surface area (Å²) in [5.41, 5.74) is 5.00. The topological polar surface area (TPSA) is 101 Å². The van der Waals surface area contributed by atoms with Crippen molar-refractivity contribution in [1.82, 2.24) is 10.0 Å². The number of hydrogen-bond donors (Lipinski definition) is 3. The van der Waals surface area contributed by atoms with Crippen molar-refractivity contribution in [2.75, 3.05) is 18.8 Å².